The number of benzene rings is 1. The Labute approximate surface area is 171 Å². The van der Waals surface area contributed by atoms with Crippen molar-refractivity contribution in [3.8, 4) is 11.4 Å². The van der Waals surface area contributed by atoms with Crippen molar-refractivity contribution in [2.75, 3.05) is 5.32 Å². The molecule has 6 heteroatoms. The fourth-order valence-corrected chi connectivity index (χ4v) is 4.43. The van der Waals surface area contributed by atoms with Crippen LogP contribution >= 0.6 is 11.6 Å². The third kappa shape index (κ3) is 4.46. The van der Waals surface area contributed by atoms with Crippen LogP contribution in [-0.4, -0.2) is 28.0 Å². The molecule has 0 bridgehead atoms. The fourth-order valence-electron chi connectivity index (χ4n) is 4.30. The van der Waals surface area contributed by atoms with Gasteiger partial charge in [0.2, 0.25) is 5.91 Å². The van der Waals surface area contributed by atoms with Gasteiger partial charge in [0.25, 0.3) is 0 Å². The Morgan fingerprint density at radius 2 is 1.68 bits per heavy atom. The second-order valence-corrected chi connectivity index (χ2v) is 8.36. The summed E-state index contributed by atoms with van der Waals surface area (Å²) in [5.41, 5.74) is 3.46. The molecule has 5 nitrogen and oxygen atoms in total. The van der Waals surface area contributed by atoms with E-state index in [1.807, 2.05) is 24.3 Å². The van der Waals surface area contributed by atoms with Crippen molar-refractivity contribution in [3.05, 3.63) is 40.5 Å². The number of halogens is 1. The van der Waals surface area contributed by atoms with Crippen molar-refractivity contribution in [2.45, 2.75) is 70.4 Å². The predicted octanol–water partition coefficient (Wildman–Crippen LogP) is 4.54. The molecule has 1 aromatic heterocycles. The zero-order valence-corrected chi connectivity index (χ0v) is 17.1. The summed E-state index contributed by atoms with van der Waals surface area (Å²) in [5, 5.41) is 7.48. The molecule has 148 valence electrons. The number of hydrogen-bond acceptors (Lipinski definition) is 4. The largest absolute Gasteiger partial charge is 0.367 e. The Bertz CT molecular complexity index is 844. The highest BCUT2D eigenvalue weighted by molar-refractivity contribution is 6.30. The molecule has 0 unspecified atom stereocenters. The summed E-state index contributed by atoms with van der Waals surface area (Å²) in [6, 6.07) is 8.43. The number of hydrogen-bond donors (Lipinski definition) is 2. The van der Waals surface area contributed by atoms with Crippen LogP contribution in [0.25, 0.3) is 11.4 Å². The molecule has 1 saturated carbocycles. The SMILES string of the molecule is CC(=O)NC1CCC(Nc2nc(-c3ccc(Cl)cc3)nc3c2CCCC3)CC1. The molecule has 4 rings (SSSR count). The lowest BCUT2D eigenvalue weighted by Gasteiger charge is -2.31. The Hall–Kier alpha value is -2.14. The number of nitrogens with zero attached hydrogens (tertiary/aromatic N) is 2. The van der Waals surface area contributed by atoms with Crippen LogP contribution in [0.1, 0.15) is 56.7 Å². The highest BCUT2D eigenvalue weighted by atomic mass is 35.5. The van der Waals surface area contributed by atoms with Crippen LogP contribution in [0.3, 0.4) is 0 Å². The van der Waals surface area contributed by atoms with E-state index in [1.54, 1.807) is 6.92 Å². The number of rotatable bonds is 4. The van der Waals surface area contributed by atoms with Crippen LogP contribution < -0.4 is 10.6 Å². The van der Waals surface area contributed by atoms with Crippen molar-refractivity contribution in [3.63, 3.8) is 0 Å². The van der Waals surface area contributed by atoms with Crippen LogP contribution in [0.5, 0.6) is 0 Å². The lowest BCUT2D eigenvalue weighted by atomic mass is 9.90. The summed E-state index contributed by atoms with van der Waals surface area (Å²) >= 11 is 6.04. The third-order valence-corrected chi connectivity index (χ3v) is 6.01. The minimum Gasteiger partial charge on any atom is -0.367 e. The molecular formula is C22H27ClN4O. The number of carbonyl (C=O) groups excluding carboxylic acids is 1. The number of fused-ring (bicyclic) bond motifs is 1. The molecule has 0 atom stereocenters. The summed E-state index contributed by atoms with van der Waals surface area (Å²) in [6.07, 6.45) is 8.54. The van der Waals surface area contributed by atoms with E-state index in [0.29, 0.717) is 12.1 Å². The van der Waals surface area contributed by atoms with E-state index >= 15 is 0 Å². The highest BCUT2D eigenvalue weighted by Gasteiger charge is 2.24. The average Bonchev–Trinajstić information content (AvgIpc) is 2.69. The van der Waals surface area contributed by atoms with Crippen LogP contribution in [0, 0.1) is 0 Å². The lowest BCUT2D eigenvalue weighted by molar-refractivity contribution is -0.119. The van der Waals surface area contributed by atoms with Gasteiger partial charge in [0.1, 0.15) is 5.82 Å². The number of anilines is 1. The maximum Gasteiger partial charge on any atom is 0.217 e. The molecule has 0 radical (unpaired) electrons. The van der Waals surface area contributed by atoms with Gasteiger partial charge in [0.05, 0.1) is 0 Å². The molecule has 0 saturated heterocycles. The van der Waals surface area contributed by atoms with Crippen molar-refractivity contribution in [1.29, 1.82) is 0 Å². The van der Waals surface area contributed by atoms with Gasteiger partial charge in [-0.1, -0.05) is 11.6 Å². The normalized spacial score (nSPS) is 21.6. The van der Waals surface area contributed by atoms with Gasteiger partial charge in [0.15, 0.2) is 5.82 Å². The lowest BCUT2D eigenvalue weighted by Crippen LogP contribution is -2.39. The fraction of sp³-hybridized carbons (Fsp3) is 0.500. The van der Waals surface area contributed by atoms with Gasteiger partial charge in [-0.15, -0.1) is 0 Å². The average molecular weight is 399 g/mol. The molecule has 28 heavy (non-hydrogen) atoms. The second kappa shape index (κ2) is 8.48. The van der Waals surface area contributed by atoms with Gasteiger partial charge in [-0.3, -0.25) is 4.79 Å². The summed E-state index contributed by atoms with van der Waals surface area (Å²) < 4.78 is 0. The number of amides is 1. The minimum atomic E-state index is 0.0638. The van der Waals surface area contributed by atoms with Crippen molar-refractivity contribution < 1.29 is 4.79 Å². The third-order valence-electron chi connectivity index (χ3n) is 5.76. The molecule has 1 fully saturated rings. The van der Waals surface area contributed by atoms with E-state index in [4.69, 9.17) is 21.6 Å². The van der Waals surface area contributed by atoms with E-state index in [1.165, 1.54) is 24.1 Å². The van der Waals surface area contributed by atoms with Gasteiger partial charge in [-0.05, 0) is 75.6 Å². The molecule has 2 N–H and O–H groups in total. The molecule has 1 heterocycles. The van der Waals surface area contributed by atoms with Crippen LogP contribution in [-0.2, 0) is 17.6 Å². The second-order valence-electron chi connectivity index (χ2n) is 7.93. The first-order valence-corrected chi connectivity index (χ1v) is 10.7. The molecule has 2 aromatic rings. The van der Waals surface area contributed by atoms with Gasteiger partial charge < -0.3 is 10.6 Å². The molecule has 0 spiro atoms. The minimum absolute atomic E-state index is 0.0638. The molecule has 1 amide bonds. The summed E-state index contributed by atoms with van der Waals surface area (Å²) in [6.45, 7) is 1.59. The first kappa shape index (κ1) is 19.2. The van der Waals surface area contributed by atoms with Gasteiger partial charge >= 0.3 is 0 Å². The van der Waals surface area contributed by atoms with Crippen LogP contribution in [0.2, 0.25) is 5.02 Å². The standard InChI is InChI=1S/C22H27ClN4O/c1-14(28)24-17-10-12-18(13-11-17)25-22-19-4-2-3-5-20(19)26-21(27-22)15-6-8-16(23)9-7-15/h6-9,17-18H,2-5,10-13H2,1H3,(H,24,28)(H,25,26,27). The van der Waals surface area contributed by atoms with E-state index in [9.17, 15) is 4.79 Å². The summed E-state index contributed by atoms with van der Waals surface area (Å²) in [5.74, 6) is 1.83. The zero-order valence-electron chi connectivity index (χ0n) is 16.3. The Morgan fingerprint density at radius 3 is 2.39 bits per heavy atom. The van der Waals surface area contributed by atoms with E-state index in [2.05, 4.69) is 10.6 Å². The van der Waals surface area contributed by atoms with E-state index in [-0.39, 0.29) is 5.91 Å². The number of nitrogens with one attached hydrogen (secondary N) is 2. The Balaban J connectivity index is 1.55. The van der Waals surface area contributed by atoms with E-state index in [0.717, 1.165) is 60.8 Å². The molecule has 0 aliphatic heterocycles. The van der Waals surface area contributed by atoms with Crippen molar-refractivity contribution >= 4 is 23.3 Å². The maximum atomic E-state index is 11.3. The van der Waals surface area contributed by atoms with Crippen LogP contribution in [0.15, 0.2) is 24.3 Å². The maximum absolute atomic E-state index is 11.3. The monoisotopic (exact) mass is 398 g/mol. The topological polar surface area (TPSA) is 66.9 Å². The first-order valence-electron chi connectivity index (χ1n) is 10.3. The highest BCUT2D eigenvalue weighted by Crippen LogP contribution is 2.31. The van der Waals surface area contributed by atoms with Gasteiger partial charge in [-0.2, -0.15) is 0 Å². The molecule has 2 aliphatic rings. The first-order chi connectivity index (χ1) is 13.6. The number of aromatic nitrogens is 2. The van der Waals surface area contributed by atoms with Gasteiger partial charge in [0, 0.05) is 40.9 Å². The van der Waals surface area contributed by atoms with Gasteiger partial charge in [-0.25, -0.2) is 9.97 Å². The quantitative estimate of drug-likeness (QED) is 0.793. The molecule has 2 aliphatic carbocycles. The van der Waals surface area contributed by atoms with E-state index < -0.39 is 0 Å². The van der Waals surface area contributed by atoms with Crippen LogP contribution in [0.4, 0.5) is 5.82 Å². The van der Waals surface area contributed by atoms with Crippen molar-refractivity contribution in [2.24, 2.45) is 0 Å². The summed E-state index contributed by atoms with van der Waals surface area (Å²) in [4.78, 5) is 21.1. The number of aryl methyl sites for hydroxylation is 1. The van der Waals surface area contributed by atoms with Crippen molar-refractivity contribution in [1.82, 2.24) is 15.3 Å². The molecular weight excluding hydrogens is 372 g/mol. The number of carbonyl (C=O) groups is 1. The Kier molecular flexibility index (Phi) is 5.81. The summed E-state index contributed by atoms with van der Waals surface area (Å²) in [7, 11) is 0. The smallest absolute Gasteiger partial charge is 0.217 e. The molecule has 1 aromatic carbocycles. The predicted molar refractivity (Wildman–Crippen MR) is 113 cm³/mol. The zero-order chi connectivity index (χ0) is 19.5. The Morgan fingerprint density at radius 1 is 1.00 bits per heavy atom.